The molecular formula is C10H12F3N3O4S. The number of benzene rings is 1. The Labute approximate surface area is 118 Å². The number of halogens is 3. The van der Waals surface area contributed by atoms with Crippen LogP contribution in [0.25, 0.3) is 0 Å². The van der Waals surface area contributed by atoms with Crippen molar-refractivity contribution >= 4 is 21.4 Å². The van der Waals surface area contributed by atoms with Gasteiger partial charge in [0.1, 0.15) is 12.2 Å². The van der Waals surface area contributed by atoms with Gasteiger partial charge in [-0.1, -0.05) is 13.0 Å². The number of nitro benzene ring substituents is 1. The van der Waals surface area contributed by atoms with Crippen molar-refractivity contribution in [1.82, 2.24) is 4.31 Å². The molecule has 0 aliphatic rings. The predicted molar refractivity (Wildman–Crippen MR) is 68.0 cm³/mol. The summed E-state index contributed by atoms with van der Waals surface area (Å²) in [6.45, 7) is -1.03. The second kappa shape index (κ2) is 5.85. The number of hydrogen-bond acceptors (Lipinski definition) is 5. The molecule has 118 valence electrons. The molecule has 0 unspecified atom stereocenters. The van der Waals surface area contributed by atoms with Gasteiger partial charge in [0.2, 0.25) is 10.0 Å². The van der Waals surface area contributed by atoms with Gasteiger partial charge in [0.05, 0.1) is 4.92 Å². The van der Waals surface area contributed by atoms with Crippen LogP contribution >= 0.6 is 0 Å². The molecule has 0 saturated carbocycles. The summed E-state index contributed by atoms with van der Waals surface area (Å²) in [7, 11) is -4.69. The van der Waals surface area contributed by atoms with Crippen LogP contribution in [0.4, 0.5) is 24.5 Å². The van der Waals surface area contributed by atoms with Crippen molar-refractivity contribution in [2.24, 2.45) is 0 Å². The zero-order valence-electron chi connectivity index (χ0n) is 10.8. The topological polar surface area (TPSA) is 107 Å². The first-order valence-electron chi connectivity index (χ1n) is 5.60. The van der Waals surface area contributed by atoms with Crippen LogP contribution in [0.2, 0.25) is 0 Å². The number of anilines is 1. The Balaban J connectivity index is 3.43. The number of para-hydroxylation sites is 1. The van der Waals surface area contributed by atoms with E-state index in [4.69, 9.17) is 5.73 Å². The minimum Gasteiger partial charge on any atom is -0.393 e. The molecule has 2 N–H and O–H groups in total. The summed E-state index contributed by atoms with van der Waals surface area (Å²) in [6, 6.07) is 3.07. The fraction of sp³-hybridized carbons (Fsp3) is 0.400. The van der Waals surface area contributed by atoms with Gasteiger partial charge in [-0.25, -0.2) is 8.42 Å². The maximum absolute atomic E-state index is 12.4. The molecule has 0 fully saturated rings. The summed E-state index contributed by atoms with van der Waals surface area (Å²) in [4.78, 5) is 9.01. The highest BCUT2D eigenvalue weighted by Crippen LogP contribution is 2.32. The lowest BCUT2D eigenvalue weighted by molar-refractivity contribution is -0.386. The molecule has 0 atom stereocenters. The van der Waals surface area contributed by atoms with E-state index in [0.717, 1.165) is 18.2 Å². The van der Waals surface area contributed by atoms with Gasteiger partial charge in [0.15, 0.2) is 4.90 Å². The Morgan fingerprint density at radius 1 is 1.38 bits per heavy atom. The second-order valence-corrected chi connectivity index (χ2v) is 5.90. The van der Waals surface area contributed by atoms with E-state index in [-0.39, 0.29) is 4.31 Å². The highest BCUT2D eigenvalue weighted by atomic mass is 32.2. The Bertz CT molecular complexity index is 645. The minimum atomic E-state index is -4.77. The zero-order valence-corrected chi connectivity index (χ0v) is 11.6. The number of nitrogens with two attached hydrogens (primary N) is 1. The quantitative estimate of drug-likeness (QED) is 0.504. The number of nitrogens with zero attached hydrogens (tertiary/aromatic N) is 2. The van der Waals surface area contributed by atoms with Crippen LogP contribution in [-0.4, -0.2) is 36.9 Å². The molecule has 0 spiro atoms. The molecule has 7 nitrogen and oxygen atoms in total. The number of hydrogen-bond donors (Lipinski definition) is 1. The van der Waals surface area contributed by atoms with Gasteiger partial charge in [0, 0.05) is 6.54 Å². The van der Waals surface area contributed by atoms with Gasteiger partial charge in [-0.2, -0.15) is 17.5 Å². The van der Waals surface area contributed by atoms with Crippen molar-refractivity contribution in [2.75, 3.05) is 18.8 Å². The summed E-state index contributed by atoms with van der Waals surface area (Å²) in [5.74, 6) is 0. The molecular weight excluding hydrogens is 315 g/mol. The van der Waals surface area contributed by atoms with E-state index in [1.165, 1.54) is 6.92 Å². The van der Waals surface area contributed by atoms with Gasteiger partial charge in [-0.3, -0.25) is 10.1 Å². The van der Waals surface area contributed by atoms with E-state index in [1.807, 2.05) is 0 Å². The summed E-state index contributed by atoms with van der Waals surface area (Å²) in [5, 5.41) is 10.9. The average molecular weight is 327 g/mol. The van der Waals surface area contributed by atoms with Crippen molar-refractivity contribution in [3.05, 3.63) is 28.3 Å². The normalized spacial score (nSPS) is 12.6. The van der Waals surface area contributed by atoms with Crippen LogP contribution in [0.3, 0.4) is 0 Å². The molecule has 1 rings (SSSR count). The Morgan fingerprint density at radius 2 is 1.95 bits per heavy atom. The van der Waals surface area contributed by atoms with Crippen LogP contribution in [0.1, 0.15) is 6.92 Å². The molecule has 11 heteroatoms. The van der Waals surface area contributed by atoms with Gasteiger partial charge in [0.25, 0.3) is 0 Å². The van der Waals surface area contributed by atoms with Gasteiger partial charge in [-0.05, 0) is 12.1 Å². The summed E-state index contributed by atoms with van der Waals surface area (Å²) in [6.07, 6.45) is -4.77. The lowest BCUT2D eigenvalue weighted by atomic mass is 10.3. The fourth-order valence-electron chi connectivity index (χ4n) is 1.65. The van der Waals surface area contributed by atoms with Gasteiger partial charge < -0.3 is 5.73 Å². The molecule has 0 aliphatic carbocycles. The van der Waals surface area contributed by atoms with Crippen molar-refractivity contribution in [1.29, 1.82) is 0 Å². The molecule has 0 heterocycles. The maximum atomic E-state index is 12.4. The first kappa shape index (κ1) is 17.2. The first-order valence-corrected chi connectivity index (χ1v) is 7.04. The van der Waals surface area contributed by atoms with E-state index in [1.54, 1.807) is 0 Å². The number of nitrogen functional groups attached to an aromatic ring is 1. The second-order valence-electron chi connectivity index (χ2n) is 4.00. The van der Waals surface area contributed by atoms with Crippen molar-refractivity contribution < 1.29 is 26.5 Å². The molecule has 21 heavy (non-hydrogen) atoms. The van der Waals surface area contributed by atoms with Crippen LogP contribution in [-0.2, 0) is 10.0 Å². The van der Waals surface area contributed by atoms with Gasteiger partial charge in [-0.15, -0.1) is 0 Å². The van der Waals surface area contributed by atoms with Crippen molar-refractivity contribution in [3.63, 3.8) is 0 Å². The van der Waals surface area contributed by atoms with E-state index < -0.39 is 50.5 Å². The Morgan fingerprint density at radius 3 is 2.38 bits per heavy atom. The standard InChI is InChI=1S/C10H12F3N3O4S/c1-2-15(6-10(11,12)13)21(19,20)8-5-3-4-7(14)9(8)16(17)18/h3-5H,2,6,14H2,1H3. The molecule has 1 aromatic rings. The smallest absolute Gasteiger partial charge is 0.393 e. The third-order valence-electron chi connectivity index (χ3n) is 2.54. The number of sulfonamides is 1. The summed E-state index contributed by atoms with van der Waals surface area (Å²) in [5.41, 5.74) is 3.97. The molecule has 0 saturated heterocycles. The maximum Gasteiger partial charge on any atom is 0.402 e. The molecule has 0 bridgehead atoms. The number of alkyl halides is 3. The zero-order chi connectivity index (χ0) is 16.4. The highest BCUT2D eigenvalue weighted by Gasteiger charge is 2.39. The van der Waals surface area contributed by atoms with Crippen LogP contribution in [0.15, 0.2) is 23.1 Å². The number of nitro groups is 1. The third kappa shape index (κ3) is 3.82. The SMILES string of the molecule is CCN(CC(F)(F)F)S(=O)(=O)c1cccc(N)c1[N+](=O)[O-]. The summed E-state index contributed by atoms with van der Waals surface area (Å²) < 4.78 is 61.7. The predicted octanol–water partition coefficient (Wildman–Crippen LogP) is 1.75. The molecule has 0 aromatic heterocycles. The third-order valence-corrected chi connectivity index (χ3v) is 4.49. The monoisotopic (exact) mass is 327 g/mol. The van der Waals surface area contributed by atoms with E-state index in [9.17, 15) is 31.7 Å². The largest absolute Gasteiger partial charge is 0.402 e. The molecule has 1 aromatic carbocycles. The number of rotatable bonds is 5. The molecule has 0 amide bonds. The lowest BCUT2D eigenvalue weighted by Crippen LogP contribution is -2.39. The average Bonchev–Trinajstić information content (AvgIpc) is 2.33. The van der Waals surface area contributed by atoms with Crippen LogP contribution in [0, 0.1) is 10.1 Å². The van der Waals surface area contributed by atoms with E-state index in [0.29, 0.717) is 0 Å². The fourth-order valence-corrected chi connectivity index (χ4v) is 3.27. The minimum absolute atomic E-state index is 0.106. The summed E-state index contributed by atoms with van der Waals surface area (Å²) >= 11 is 0. The molecule has 0 aliphatic heterocycles. The molecule has 0 radical (unpaired) electrons. The Kier molecular flexibility index (Phi) is 4.79. The van der Waals surface area contributed by atoms with E-state index >= 15 is 0 Å². The first-order chi connectivity index (χ1) is 9.50. The van der Waals surface area contributed by atoms with Crippen LogP contribution < -0.4 is 5.73 Å². The highest BCUT2D eigenvalue weighted by molar-refractivity contribution is 7.89. The van der Waals surface area contributed by atoms with Crippen molar-refractivity contribution in [2.45, 2.75) is 18.0 Å². The van der Waals surface area contributed by atoms with E-state index in [2.05, 4.69) is 0 Å². The lowest BCUT2D eigenvalue weighted by Gasteiger charge is -2.21. The Hall–Kier alpha value is -1.88. The van der Waals surface area contributed by atoms with Gasteiger partial charge >= 0.3 is 11.9 Å². The van der Waals surface area contributed by atoms with Crippen LogP contribution in [0.5, 0.6) is 0 Å². The van der Waals surface area contributed by atoms with Crippen molar-refractivity contribution in [3.8, 4) is 0 Å².